The summed E-state index contributed by atoms with van der Waals surface area (Å²) >= 11 is 0. The first-order chi connectivity index (χ1) is 8.87. The van der Waals surface area contributed by atoms with E-state index >= 15 is 0 Å². The normalized spacial score (nSPS) is 12.7. The summed E-state index contributed by atoms with van der Waals surface area (Å²) in [6.07, 6.45) is -0.338. The van der Waals surface area contributed by atoms with Gasteiger partial charge in [0.05, 0.1) is 5.75 Å². The molecule has 0 heterocycles. The second-order valence-electron chi connectivity index (χ2n) is 4.14. The number of amides is 1. The molecule has 5 nitrogen and oxygen atoms in total. The summed E-state index contributed by atoms with van der Waals surface area (Å²) in [5, 5.41) is 2.54. The maximum atomic E-state index is 11.4. The zero-order valence-corrected chi connectivity index (χ0v) is 12.1. The molecule has 0 saturated heterocycles. The van der Waals surface area contributed by atoms with Crippen molar-refractivity contribution in [3.8, 4) is 0 Å². The van der Waals surface area contributed by atoms with E-state index in [0.717, 1.165) is 5.56 Å². The van der Waals surface area contributed by atoms with Crippen molar-refractivity contribution >= 4 is 25.8 Å². The predicted octanol–water partition coefficient (Wildman–Crippen LogP) is 2.26. The zero-order valence-electron chi connectivity index (χ0n) is 10.5. The highest BCUT2D eigenvalue weighted by Gasteiger charge is 2.12. The highest BCUT2D eigenvalue weighted by molar-refractivity contribution is 8.13. The van der Waals surface area contributed by atoms with Crippen LogP contribution in [0, 0.1) is 0 Å². The molecule has 0 radical (unpaired) electrons. The van der Waals surface area contributed by atoms with Gasteiger partial charge in [-0.25, -0.2) is 13.2 Å². The fraction of sp³-hybridized carbons (Fsp3) is 0.417. The Morgan fingerprint density at radius 2 is 2.00 bits per heavy atom. The number of hydrogen-bond acceptors (Lipinski definition) is 4. The fourth-order valence-electron chi connectivity index (χ4n) is 1.36. The highest BCUT2D eigenvalue weighted by Crippen LogP contribution is 2.03. The molecule has 7 heteroatoms. The van der Waals surface area contributed by atoms with Crippen molar-refractivity contribution in [2.24, 2.45) is 0 Å². The zero-order chi connectivity index (χ0) is 14.3. The first kappa shape index (κ1) is 15.8. The number of carbonyl (C=O) groups is 1. The van der Waals surface area contributed by atoms with Gasteiger partial charge in [0, 0.05) is 16.7 Å². The fourth-order valence-corrected chi connectivity index (χ4v) is 2.26. The molecule has 0 bridgehead atoms. The molecule has 1 rings (SSSR count). The minimum Gasteiger partial charge on any atom is -0.445 e. The Kier molecular flexibility index (Phi) is 6.11. The van der Waals surface area contributed by atoms with Crippen molar-refractivity contribution in [2.45, 2.75) is 26.0 Å². The van der Waals surface area contributed by atoms with Crippen molar-refractivity contribution in [1.29, 1.82) is 0 Å². The lowest BCUT2D eigenvalue weighted by Gasteiger charge is -2.13. The van der Waals surface area contributed by atoms with Gasteiger partial charge in [-0.1, -0.05) is 30.3 Å². The number of benzene rings is 1. The van der Waals surface area contributed by atoms with Crippen molar-refractivity contribution < 1.29 is 17.9 Å². The van der Waals surface area contributed by atoms with Crippen LogP contribution in [0.2, 0.25) is 0 Å². The Labute approximate surface area is 117 Å². The van der Waals surface area contributed by atoms with Gasteiger partial charge in [-0.15, -0.1) is 0 Å². The van der Waals surface area contributed by atoms with E-state index in [2.05, 4.69) is 5.32 Å². The van der Waals surface area contributed by atoms with Crippen LogP contribution < -0.4 is 5.32 Å². The van der Waals surface area contributed by atoms with Crippen LogP contribution >= 0.6 is 10.7 Å². The molecule has 19 heavy (non-hydrogen) atoms. The highest BCUT2D eigenvalue weighted by atomic mass is 35.7. The summed E-state index contributed by atoms with van der Waals surface area (Å²) in [5.74, 6) is -0.186. The maximum absolute atomic E-state index is 11.4. The van der Waals surface area contributed by atoms with Crippen molar-refractivity contribution in [1.82, 2.24) is 5.32 Å². The summed E-state index contributed by atoms with van der Waals surface area (Å²) in [6, 6.07) is 8.94. The van der Waals surface area contributed by atoms with E-state index in [1.54, 1.807) is 6.92 Å². The number of halogens is 1. The molecule has 0 saturated carbocycles. The van der Waals surface area contributed by atoms with Gasteiger partial charge in [-0.05, 0) is 18.9 Å². The average molecular weight is 306 g/mol. The summed E-state index contributed by atoms with van der Waals surface area (Å²) in [6.45, 7) is 1.86. The van der Waals surface area contributed by atoms with E-state index in [-0.39, 0.29) is 24.8 Å². The van der Waals surface area contributed by atoms with Gasteiger partial charge in [-0.2, -0.15) is 0 Å². The van der Waals surface area contributed by atoms with E-state index in [1.807, 2.05) is 30.3 Å². The number of rotatable bonds is 6. The Morgan fingerprint density at radius 1 is 1.37 bits per heavy atom. The smallest absolute Gasteiger partial charge is 0.407 e. The topological polar surface area (TPSA) is 72.5 Å². The molecule has 1 aromatic rings. The third-order valence-corrected chi connectivity index (χ3v) is 3.56. The Bertz CT molecular complexity index is 504. The third-order valence-electron chi connectivity index (χ3n) is 2.37. The van der Waals surface area contributed by atoms with Gasteiger partial charge in [0.2, 0.25) is 9.05 Å². The summed E-state index contributed by atoms with van der Waals surface area (Å²) in [5.41, 5.74) is 0.883. The maximum Gasteiger partial charge on any atom is 0.407 e. The molecule has 0 aliphatic rings. The van der Waals surface area contributed by atoms with Crippen molar-refractivity contribution in [3.05, 3.63) is 35.9 Å². The van der Waals surface area contributed by atoms with E-state index in [1.165, 1.54) is 0 Å². The summed E-state index contributed by atoms with van der Waals surface area (Å²) in [4.78, 5) is 11.4. The molecule has 0 fully saturated rings. The monoisotopic (exact) mass is 305 g/mol. The van der Waals surface area contributed by atoms with Crippen molar-refractivity contribution in [3.63, 3.8) is 0 Å². The Balaban J connectivity index is 2.27. The Hall–Kier alpha value is -1.27. The first-order valence-electron chi connectivity index (χ1n) is 5.76. The van der Waals surface area contributed by atoms with Gasteiger partial charge in [0.25, 0.3) is 0 Å². The van der Waals surface area contributed by atoms with Crippen LogP contribution in [0.15, 0.2) is 30.3 Å². The molecular weight excluding hydrogens is 290 g/mol. The van der Waals surface area contributed by atoms with Crippen molar-refractivity contribution in [2.75, 3.05) is 5.75 Å². The van der Waals surface area contributed by atoms with Gasteiger partial charge in [0.15, 0.2) is 0 Å². The van der Waals surface area contributed by atoms with Gasteiger partial charge >= 0.3 is 6.09 Å². The largest absolute Gasteiger partial charge is 0.445 e. The number of nitrogens with one attached hydrogen (secondary N) is 1. The summed E-state index contributed by atoms with van der Waals surface area (Å²) in [7, 11) is 1.55. The SMILES string of the molecule is C[C@H](CCS(=O)(=O)Cl)NC(=O)OCc1ccccc1. The quantitative estimate of drug-likeness (QED) is 0.818. The van der Waals surface area contributed by atoms with E-state index in [4.69, 9.17) is 15.4 Å². The first-order valence-corrected chi connectivity index (χ1v) is 8.24. The minimum absolute atomic E-state index is 0.174. The van der Waals surface area contributed by atoms with E-state index in [9.17, 15) is 13.2 Å². The molecule has 1 atom stereocenters. The van der Waals surface area contributed by atoms with Crippen LogP contribution in [-0.2, 0) is 20.4 Å². The number of hydrogen-bond donors (Lipinski definition) is 1. The number of ether oxygens (including phenoxy) is 1. The standard InChI is InChI=1S/C12H16ClNO4S/c1-10(7-8-19(13,16)17)14-12(15)18-9-11-5-3-2-4-6-11/h2-6,10H,7-9H2,1H3,(H,14,15)/t10-/m1/s1. The van der Waals surface area contributed by atoms with E-state index < -0.39 is 15.1 Å². The second kappa shape index (κ2) is 7.35. The molecule has 1 amide bonds. The molecule has 0 unspecified atom stereocenters. The molecule has 1 aromatic carbocycles. The van der Waals surface area contributed by atoms with Crippen LogP contribution in [-0.4, -0.2) is 26.3 Å². The lowest BCUT2D eigenvalue weighted by Crippen LogP contribution is -2.34. The second-order valence-corrected chi connectivity index (χ2v) is 7.04. The molecule has 1 N–H and O–H groups in total. The molecule has 0 spiro atoms. The van der Waals surface area contributed by atoms with Crippen LogP contribution in [0.1, 0.15) is 18.9 Å². The van der Waals surface area contributed by atoms with Crippen LogP contribution in [0.4, 0.5) is 4.79 Å². The molecule has 0 aliphatic carbocycles. The minimum atomic E-state index is -3.53. The molecular formula is C12H16ClNO4S. The molecule has 106 valence electrons. The molecule has 0 aliphatic heterocycles. The van der Waals surface area contributed by atoms with Crippen LogP contribution in [0.3, 0.4) is 0 Å². The molecule has 0 aromatic heterocycles. The average Bonchev–Trinajstić information content (AvgIpc) is 2.34. The lowest BCUT2D eigenvalue weighted by molar-refractivity contribution is 0.136. The van der Waals surface area contributed by atoms with Gasteiger partial charge in [-0.3, -0.25) is 0 Å². The van der Waals surface area contributed by atoms with Crippen LogP contribution in [0.25, 0.3) is 0 Å². The summed E-state index contributed by atoms with van der Waals surface area (Å²) < 4.78 is 26.5. The lowest BCUT2D eigenvalue weighted by atomic mass is 10.2. The van der Waals surface area contributed by atoms with Crippen LogP contribution in [0.5, 0.6) is 0 Å². The number of carbonyl (C=O) groups excluding carboxylic acids is 1. The predicted molar refractivity (Wildman–Crippen MR) is 73.5 cm³/mol. The van der Waals surface area contributed by atoms with Gasteiger partial charge < -0.3 is 10.1 Å². The van der Waals surface area contributed by atoms with Gasteiger partial charge in [0.1, 0.15) is 6.61 Å². The third kappa shape index (κ3) is 7.69. The number of alkyl carbamates (subject to hydrolysis) is 1. The van der Waals surface area contributed by atoms with E-state index in [0.29, 0.717) is 0 Å². The Morgan fingerprint density at radius 3 is 2.58 bits per heavy atom.